The molecule has 0 fully saturated rings. The van der Waals surface area contributed by atoms with Gasteiger partial charge in [-0.2, -0.15) is 0 Å². The van der Waals surface area contributed by atoms with Crippen LogP contribution in [0.2, 0.25) is 0 Å². The highest BCUT2D eigenvalue weighted by Crippen LogP contribution is 2.58. The average molecular weight is 1630 g/mol. The van der Waals surface area contributed by atoms with Gasteiger partial charge in [-0.25, -0.2) is 0 Å². The van der Waals surface area contributed by atoms with E-state index in [0.717, 1.165) is 102 Å². The summed E-state index contributed by atoms with van der Waals surface area (Å²) in [4.78, 5) is 15.9. The molecule has 0 spiro atoms. The lowest BCUT2D eigenvalue weighted by atomic mass is 9.30. The van der Waals surface area contributed by atoms with Crippen molar-refractivity contribution in [2.45, 2.75) is 0 Å². The molecule has 6 nitrogen and oxygen atoms in total. The fourth-order valence-electron chi connectivity index (χ4n) is 21.0. The summed E-state index contributed by atoms with van der Waals surface area (Å²) in [5, 5.41) is 12.4. The van der Waals surface area contributed by atoms with E-state index in [2.05, 4.69) is 418 Å². The molecule has 4 aliphatic rings. The van der Waals surface area contributed by atoms with Crippen LogP contribution in [0.5, 0.6) is 0 Å². The Morgan fingerprint density at radius 2 is 0.463 bits per heavy atom. The maximum atomic E-state index is 2.75. The molecule has 5 aromatic heterocycles. The molecule has 121 heavy (non-hydrogen) atoms. The van der Waals surface area contributed by atoms with Gasteiger partial charge in [0.05, 0.1) is 39.8 Å². The maximum Gasteiger partial charge on any atom is 0.252 e. The van der Waals surface area contributed by atoms with E-state index >= 15 is 0 Å². The molecule has 562 valence electrons. The van der Waals surface area contributed by atoms with Crippen LogP contribution in [0, 0.1) is 0 Å². The quantitative estimate of drug-likeness (QED) is 0.126. The molecule has 0 N–H and O–H groups in total. The number of hydrogen-bond acceptors (Lipinski definition) is 11. The molecular weight excluding hydrogens is 1560 g/mol. The van der Waals surface area contributed by atoms with Gasteiger partial charge in [-0.05, 0) is 203 Å². The van der Waals surface area contributed by atoms with Crippen LogP contribution in [0.1, 0.15) is 0 Å². The van der Waals surface area contributed by atoms with Crippen LogP contribution >= 0.6 is 56.7 Å². The zero-order valence-electron chi connectivity index (χ0n) is 64.8. The fraction of sp³-hybridized carbons (Fsp3) is 0. The van der Waals surface area contributed by atoms with Gasteiger partial charge in [0.1, 0.15) is 0 Å². The SMILES string of the molecule is c1ccc(N2c3ccccc3B3c4cc5c(cc4N(c4cccc6sc7ccccc7c46)c4cc(N(c6ccccc6)c6cccc7sc8ccccc8c67)cc2c43)N(c2cccc3sc4ccccc4c23)c2cc(N(c3ccccc3)c3cccc4sc6ccccc6c34)cc3c2B5c2ccccc2N3c2cccc3sc4ccccc4c23)cc1. The van der Waals surface area contributed by atoms with Gasteiger partial charge in [-0.15, -0.1) is 56.7 Å². The minimum atomic E-state index is -0.287. The van der Waals surface area contributed by atoms with E-state index < -0.39 is 0 Å². The lowest BCUT2D eigenvalue weighted by Gasteiger charge is -2.48. The van der Waals surface area contributed by atoms with E-state index in [1.54, 1.807) is 0 Å². The Kier molecular flexibility index (Phi) is 14.7. The van der Waals surface area contributed by atoms with Gasteiger partial charge in [0.15, 0.2) is 0 Å². The summed E-state index contributed by atoms with van der Waals surface area (Å²) in [6.07, 6.45) is 0. The van der Waals surface area contributed by atoms with E-state index in [-0.39, 0.29) is 13.4 Å². The molecule has 0 unspecified atom stereocenters. The fourth-order valence-corrected chi connectivity index (χ4v) is 26.6. The molecule has 0 saturated heterocycles. The average Bonchev–Trinajstić information content (AvgIpc) is 1.04. The molecule has 0 amide bonds. The standard InChI is InChI=1S/C108H64B2N6S5/c1-4-29-65(30-5-1)111(81-44-24-54-97-102(81)70-35-10-19-49-92(70)117-97)68-59-88-107-90(61-68)115(84-47-27-57-100-105(84)73-38-13-22-52-95(73)120-100)86-64-87-78(63-77(86)109(107)75-40-15-17-42-79(75)113(88)67-33-8-3-9-34-67)110-76-41-16-18-43-80(76)114(83-46-26-56-99-104(83)72-37-12-21-51-94(72)119-99)89-60-69(62-91(108(89)110)116(87)85-48-28-58-101-106(85)74-39-14-23-53-96(74)121-101)112(66-31-6-2-7-32-66)82-45-25-55-98-103(82)71-36-11-20-50-93(71)118-98/h1-64H. The second-order valence-corrected chi connectivity index (χ2v) is 37.4. The maximum absolute atomic E-state index is 2.75. The van der Waals surface area contributed by atoms with Gasteiger partial charge in [-0.3, -0.25) is 0 Å². The zero-order chi connectivity index (χ0) is 78.8. The van der Waals surface area contributed by atoms with Gasteiger partial charge in [0.25, 0.3) is 13.4 Å². The number of benzene rings is 18. The van der Waals surface area contributed by atoms with Gasteiger partial charge >= 0.3 is 0 Å². The molecule has 4 aliphatic heterocycles. The van der Waals surface area contributed by atoms with Crippen molar-refractivity contribution >= 4 is 306 Å². The Balaban J connectivity index is 0.815. The van der Waals surface area contributed by atoms with Crippen LogP contribution in [0.15, 0.2) is 388 Å². The lowest BCUT2D eigenvalue weighted by molar-refractivity contribution is 1.22. The number of fused-ring (bicyclic) bond motifs is 23. The number of hydrogen-bond donors (Lipinski definition) is 0. The zero-order valence-corrected chi connectivity index (χ0v) is 68.9. The largest absolute Gasteiger partial charge is 0.311 e. The summed E-state index contributed by atoms with van der Waals surface area (Å²) in [5.41, 5.74) is 27.5. The predicted octanol–water partition coefficient (Wildman–Crippen LogP) is 28.6. The molecule has 0 radical (unpaired) electrons. The van der Waals surface area contributed by atoms with Crippen LogP contribution in [0.3, 0.4) is 0 Å². The summed E-state index contributed by atoms with van der Waals surface area (Å²) < 4.78 is 12.5. The van der Waals surface area contributed by atoms with Gasteiger partial charge in [-0.1, -0.05) is 218 Å². The second kappa shape index (κ2) is 26.2. The molecule has 0 bridgehead atoms. The van der Waals surface area contributed by atoms with E-state index in [0.29, 0.717) is 0 Å². The van der Waals surface area contributed by atoms with Crippen molar-refractivity contribution in [3.05, 3.63) is 388 Å². The molecule has 18 aromatic carbocycles. The third-order valence-corrected chi connectivity index (χ3v) is 31.4. The third kappa shape index (κ3) is 9.86. The summed E-state index contributed by atoms with van der Waals surface area (Å²) in [6, 6.07) is 148. The number of rotatable bonds is 10. The van der Waals surface area contributed by atoms with E-state index in [1.807, 2.05) is 56.7 Å². The predicted molar refractivity (Wildman–Crippen MR) is 528 cm³/mol. The topological polar surface area (TPSA) is 19.4 Å². The summed E-state index contributed by atoms with van der Waals surface area (Å²) in [6.45, 7) is -0.555. The molecule has 13 heteroatoms. The van der Waals surface area contributed by atoms with Crippen molar-refractivity contribution in [1.82, 2.24) is 0 Å². The Hall–Kier alpha value is -14.0. The first-order valence-electron chi connectivity index (χ1n) is 41.3. The summed E-state index contributed by atoms with van der Waals surface area (Å²) >= 11 is 9.38. The highest BCUT2D eigenvalue weighted by atomic mass is 32.1. The van der Waals surface area contributed by atoms with Crippen LogP contribution < -0.4 is 62.2 Å². The molecule has 27 rings (SSSR count). The van der Waals surface area contributed by atoms with Crippen molar-refractivity contribution in [1.29, 1.82) is 0 Å². The monoisotopic (exact) mass is 1630 g/mol. The van der Waals surface area contributed by atoms with Crippen LogP contribution in [-0.4, -0.2) is 13.4 Å². The minimum Gasteiger partial charge on any atom is -0.311 e. The summed E-state index contributed by atoms with van der Waals surface area (Å²) in [7, 11) is 0. The minimum absolute atomic E-state index is 0.268. The van der Waals surface area contributed by atoms with Crippen molar-refractivity contribution in [3.63, 3.8) is 0 Å². The second-order valence-electron chi connectivity index (χ2n) is 32.0. The summed E-state index contributed by atoms with van der Waals surface area (Å²) in [5.74, 6) is 0. The van der Waals surface area contributed by atoms with Crippen LogP contribution in [0.25, 0.3) is 101 Å². The van der Waals surface area contributed by atoms with Crippen LogP contribution in [0.4, 0.5) is 102 Å². The van der Waals surface area contributed by atoms with E-state index in [4.69, 9.17) is 0 Å². The molecule has 23 aromatic rings. The van der Waals surface area contributed by atoms with E-state index in [1.165, 1.54) is 134 Å². The Morgan fingerprint density at radius 1 is 0.182 bits per heavy atom. The first kappa shape index (κ1) is 68.0. The smallest absolute Gasteiger partial charge is 0.252 e. The third-order valence-electron chi connectivity index (χ3n) is 25.7. The molecule has 0 aliphatic carbocycles. The number of thiophene rings is 5. The van der Waals surface area contributed by atoms with Crippen molar-refractivity contribution < 1.29 is 0 Å². The highest BCUT2D eigenvalue weighted by Gasteiger charge is 2.50. The molecule has 0 saturated carbocycles. The Morgan fingerprint density at radius 3 is 0.851 bits per heavy atom. The molecular formula is C108H64B2N6S5. The van der Waals surface area contributed by atoms with E-state index in [9.17, 15) is 0 Å². The molecule has 9 heterocycles. The Bertz CT molecular complexity index is 8340. The number of anilines is 18. The van der Waals surface area contributed by atoms with Crippen molar-refractivity contribution in [2.24, 2.45) is 0 Å². The van der Waals surface area contributed by atoms with Gasteiger partial charge < -0.3 is 29.4 Å². The number of nitrogens with zero attached hydrogens (tertiary/aromatic N) is 6. The van der Waals surface area contributed by atoms with Crippen molar-refractivity contribution in [3.8, 4) is 0 Å². The highest BCUT2D eigenvalue weighted by molar-refractivity contribution is 7.27. The molecule has 0 atom stereocenters. The van der Waals surface area contributed by atoms with Gasteiger partial charge in [0.2, 0.25) is 0 Å². The van der Waals surface area contributed by atoms with Crippen molar-refractivity contribution in [2.75, 3.05) is 29.4 Å². The first-order chi connectivity index (χ1) is 60.1. The van der Waals surface area contributed by atoms with Gasteiger partial charge in [0, 0.05) is 163 Å². The lowest BCUT2D eigenvalue weighted by Crippen LogP contribution is -2.65. The number of para-hydroxylation sites is 5. The normalized spacial score (nSPS) is 13.2. The Labute approximate surface area is 717 Å². The van der Waals surface area contributed by atoms with Crippen LogP contribution in [-0.2, 0) is 0 Å². The first-order valence-corrected chi connectivity index (χ1v) is 45.3.